The van der Waals surface area contributed by atoms with Crippen molar-refractivity contribution in [3.8, 4) is 6.07 Å². The number of aromatic nitrogens is 2. The zero-order chi connectivity index (χ0) is 24.2. The molecule has 1 atom stereocenters. The van der Waals surface area contributed by atoms with Crippen molar-refractivity contribution in [2.45, 2.75) is 55.6 Å². The van der Waals surface area contributed by atoms with E-state index in [-0.39, 0.29) is 5.41 Å². The molecule has 1 saturated carbocycles. The summed E-state index contributed by atoms with van der Waals surface area (Å²) in [5, 5.41) is 14.1. The van der Waals surface area contributed by atoms with E-state index in [1.165, 1.54) is 11.1 Å². The zero-order valence-electron chi connectivity index (χ0n) is 19.9. The van der Waals surface area contributed by atoms with E-state index >= 15 is 0 Å². The predicted octanol–water partition coefficient (Wildman–Crippen LogP) is 6.05. The van der Waals surface area contributed by atoms with Crippen LogP contribution in [0, 0.1) is 11.3 Å². The highest BCUT2D eigenvalue weighted by Gasteiger charge is 2.44. The van der Waals surface area contributed by atoms with Crippen LogP contribution in [-0.4, -0.2) is 39.7 Å². The van der Waals surface area contributed by atoms with Crippen LogP contribution in [-0.2, 0) is 11.8 Å². The maximum absolute atomic E-state index is 9.84. The number of hydrogen-bond acceptors (Lipinski definition) is 4. The lowest BCUT2D eigenvalue weighted by Gasteiger charge is -2.40. The highest BCUT2D eigenvalue weighted by molar-refractivity contribution is 7.17. The molecular formula is C28H31ClN5P. The maximum atomic E-state index is 9.84. The number of hydrogen-bond donors (Lipinski definition) is 1. The molecule has 5 nitrogen and oxygen atoms in total. The van der Waals surface area contributed by atoms with Crippen molar-refractivity contribution in [1.29, 1.82) is 5.26 Å². The fraction of sp³-hybridized carbons (Fsp3) is 0.429. The Kier molecular flexibility index (Phi) is 5.88. The molecule has 2 aliphatic heterocycles. The molecule has 7 heteroatoms. The number of aryl methyl sites for hydroxylation is 1. The lowest BCUT2D eigenvalue weighted by atomic mass is 9.72. The number of anilines is 1. The van der Waals surface area contributed by atoms with Gasteiger partial charge in [-0.05, 0) is 105 Å². The van der Waals surface area contributed by atoms with Crippen LogP contribution in [0.25, 0.3) is 11.0 Å². The van der Waals surface area contributed by atoms with Crippen molar-refractivity contribution >= 4 is 37.6 Å². The van der Waals surface area contributed by atoms with Gasteiger partial charge in [0, 0.05) is 27.9 Å². The van der Waals surface area contributed by atoms with Gasteiger partial charge in [-0.1, -0.05) is 18.2 Å². The fourth-order valence-electron chi connectivity index (χ4n) is 6.30. The van der Waals surface area contributed by atoms with Crippen LogP contribution >= 0.6 is 20.8 Å². The van der Waals surface area contributed by atoms with Crippen LogP contribution in [0.5, 0.6) is 0 Å². The molecule has 0 bridgehead atoms. The van der Waals surface area contributed by atoms with Crippen molar-refractivity contribution in [2.24, 2.45) is 0 Å². The van der Waals surface area contributed by atoms with Gasteiger partial charge in [-0.25, -0.2) is 4.98 Å². The number of halogens is 1. The van der Waals surface area contributed by atoms with E-state index in [9.17, 15) is 5.26 Å². The van der Waals surface area contributed by atoms with Gasteiger partial charge in [-0.3, -0.25) is 0 Å². The third-order valence-corrected chi connectivity index (χ3v) is 9.18. The molecule has 1 unspecified atom stereocenters. The molecule has 1 aliphatic carbocycles. The number of imidazole rings is 1. The Morgan fingerprint density at radius 2 is 2.03 bits per heavy atom. The van der Waals surface area contributed by atoms with E-state index in [0.29, 0.717) is 11.7 Å². The quantitative estimate of drug-likeness (QED) is 0.431. The molecule has 180 valence electrons. The molecule has 0 radical (unpaired) electrons. The van der Waals surface area contributed by atoms with E-state index in [4.69, 9.17) is 11.6 Å². The molecule has 1 saturated heterocycles. The number of piperidine rings is 1. The van der Waals surface area contributed by atoms with Crippen molar-refractivity contribution in [2.75, 3.05) is 25.0 Å². The van der Waals surface area contributed by atoms with Gasteiger partial charge in [-0.2, -0.15) is 5.26 Å². The summed E-state index contributed by atoms with van der Waals surface area (Å²) in [5.41, 5.74) is 8.18. The lowest BCUT2D eigenvalue weighted by Crippen LogP contribution is -2.43. The number of nitrogens with zero attached hydrogens (tertiary/aromatic N) is 4. The van der Waals surface area contributed by atoms with Crippen LogP contribution in [0.1, 0.15) is 54.8 Å². The van der Waals surface area contributed by atoms with Crippen LogP contribution in [0.4, 0.5) is 5.69 Å². The number of nitrogens with one attached hydrogen (secondary N) is 1. The van der Waals surface area contributed by atoms with Crippen LogP contribution in [0.2, 0.25) is 5.02 Å². The molecule has 3 aromatic rings. The standard InChI is InChI=1S/C28H31ClN5P/c1-18-28(24-13-21(29)4-5-25(24)32-18)6-9-33(10-7-28)8-2-3-19-11-20(16-30)27-26(12-19)31-17-34(27)22-14-23(35)15-22/h4-5,11-13,17,22-23,32H,1-3,6-10,14-15,35H2. The Morgan fingerprint density at radius 3 is 2.77 bits per heavy atom. The largest absolute Gasteiger partial charge is 0.358 e. The summed E-state index contributed by atoms with van der Waals surface area (Å²) >= 11 is 6.33. The molecule has 3 aliphatic rings. The summed E-state index contributed by atoms with van der Waals surface area (Å²) in [7, 11) is 2.90. The lowest BCUT2D eigenvalue weighted by molar-refractivity contribution is 0.179. The summed E-state index contributed by atoms with van der Waals surface area (Å²) in [6.07, 6.45) is 8.37. The van der Waals surface area contributed by atoms with Gasteiger partial charge in [0.05, 0.1) is 22.9 Å². The predicted molar refractivity (Wildman–Crippen MR) is 146 cm³/mol. The number of fused-ring (bicyclic) bond motifs is 3. The average Bonchev–Trinajstić information content (AvgIpc) is 3.37. The Morgan fingerprint density at radius 1 is 1.23 bits per heavy atom. The van der Waals surface area contributed by atoms with Crippen molar-refractivity contribution in [3.63, 3.8) is 0 Å². The molecule has 2 fully saturated rings. The monoisotopic (exact) mass is 503 g/mol. The SMILES string of the molecule is C=C1Nc2ccc(Cl)cc2C12CCN(CCCc1cc(C#N)c3c(c1)ncn3C1CC(P)C1)CC2. The summed E-state index contributed by atoms with van der Waals surface area (Å²) in [4.78, 5) is 7.22. The van der Waals surface area contributed by atoms with Gasteiger partial charge in [0.25, 0.3) is 0 Å². The smallest absolute Gasteiger partial charge is 0.101 e. The summed E-state index contributed by atoms with van der Waals surface area (Å²) in [6, 6.07) is 13.3. The number of rotatable bonds is 5. The second kappa shape index (κ2) is 8.93. The zero-order valence-corrected chi connectivity index (χ0v) is 21.8. The molecule has 1 spiro atoms. The van der Waals surface area contributed by atoms with E-state index in [1.807, 2.05) is 12.4 Å². The Bertz CT molecular complexity index is 1340. The van der Waals surface area contributed by atoms with E-state index in [2.05, 4.69) is 65.9 Å². The van der Waals surface area contributed by atoms with Crippen molar-refractivity contribution in [1.82, 2.24) is 14.5 Å². The molecule has 0 amide bonds. The minimum atomic E-state index is -0.000783. The Labute approximate surface area is 214 Å². The maximum Gasteiger partial charge on any atom is 0.101 e. The number of likely N-dealkylation sites (tertiary alicyclic amines) is 1. The van der Waals surface area contributed by atoms with E-state index in [1.54, 1.807) is 0 Å². The number of benzene rings is 2. The molecule has 1 aromatic heterocycles. The topological polar surface area (TPSA) is 56.9 Å². The van der Waals surface area contributed by atoms with Gasteiger partial charge in [0.15, 0.2) is 0 Å². The average molecular weight is 504 g/mol. The van der Waals surface area contributed by atoms with Gasteiger partial charge < -0.3 is 14.8 Å². The summed E-state index contributed by atoms with van der Waals surface area (Å²) in [6.45, 7) is 7.53. The van der Waals surface area contributed by atoms with Crippen molar-refractivity contribution in [3.05, 3.63) is 70.6 Å². The first-order chi connectivity index (χ1) is 17.0. The minimum absolute atomic E-state index is 0.000783. The Balaban J connectivity index is 1.09. The second-order valence-electron chi connectivity index (χ2n) is 10.5. The van der Waals surface area contributed by atoms with Crippen molar-refractivity contribution < 1.29 is 0 Å². The van der Waals surface area contributed by atoms with E-state index < -0.39 is 0 Å². The first-order valence-electron chi connectivity index (χ1n) is 12.6. The number of allylic oxidation sites excluding steroid dienone is 1. The Hall–Kier alpha value is -2.38. The van der Waals surface area contributed by atoms with Gasteiger partial charge >= 0.3 is 0 Å². The number of nitriles is 1. The van der Waals surface area contributed by atoms with Gasteiger partial charge in [0.2, 0.25) is 0 Å². The normalized spacial score (nSPS) is 23.2. The molecule has 3 heterocycles. The molecule has 2 aromatic carbocycles. The second-order valence-corrected chi connectivity index (χ2v) is 11.9. The summed E-state index contributed by atoms with van der Waals surface area (Å²) in [5.74, 6) is 0. The molecule has 6 rings (SSSR count). The highest BCUT2D eigenvalue weighted by atomic mass is 35.5. The molecule has 1 N–H and O–H groups in total. The highest BCUT2D eigenvalue weighted by Crippen LogP contribution is 2.50. The fourth-order valence-corrected chi connectivity index (χ4v) is 7.10. The first-order valence-corrected chi connectivity index (χ1v) is 13.7. The summed E-state index contributed by atoms with van der Waals surface area (Å²) < 4.78 is 2.22. The van der Waals surface area contributed by atoms with Gasteiger partial charge in [-0.15, -0.1) is 9.24 Å². The van der Waals surface area contributed by atoms with E-state index in [0.717, 1.165) is 91.2 Å². The first kappa shape index (κ1) is 23.0. The third kappa shape index (κ3) is 3.97. The van der Waals surface area contributed by atoms with Crippen LogP contribution in [0.3, 0.4) is 0 Å². The molecular weight excluding hydrogens is 473 g/mol. The van der Waals surface area contributed by atoms with Crippen LogP contribution < -0.4 is 5.32 Å². The third-order valence-electron chi connectivity index (χ3n) is 8.40. The molecule has 35 heavy (non-hydrogen) atoms. The van der Waals surface area contributed by atoms with Gasteiger partial charge in [0.1, 0.15) is 6.07 Å². The van der Waals surface area contributed by atoms with Crippen LogP contribution in [0.15, 0.2) is 48.9 Å². The minimum Gasteiger partial charge on any atom is -0.358 e.